The topological polar surface area (TPSA) is 142 Å². The molecule has 0 bridgehead atoms. The first-order valence-electron chi connectivity index (χ1n) is 8.40. The minimum absolute atomic E-state index is 0.430. The molecule has 3 atom stereocenters. The van der Waals surface area contributed by atoms with Gasteiger partial charge in [-0.1, -0.05) is 0 Å². The Labute approximate surface area is 134 Å². The van der Waals surface area contributed by atoms with Crippen LogP contribution >= 0.6 is 0 Å². The van der Waals surface area contributed by atoms with Crippen LogP contribution in [0.3, 0.4) is 0 Å². The van der Waals surface area contributed by atoms with E-state index >= 15 is 0 Å². The number of hydrogen-bond acceptors (Lipinski definition) is 7. The van der Waals surface area contributed by atoms with Gasteiger partial charge in [-0.2, -0.15) is 0 Å². The SMILES string of the molecule is NCCCC(O)CN(CC(O)CCCN)CC(O)CCCN. The van der Waals surface area contributed by atoms with Gasteiger partial charge in [0.1, 0.15) is 0 Å². The first kappa shape index (κ1) is 21.7. The molecular weight excluding hydrogens is 284 g/mol. The Bertz CT molecular complexity index is 209. The van der Waals surface area contributed by atoms with Crippen molar-refractivity contribution in [3.8, 4) is 0 Å². The van der Waals surface area contributed by atoms with Crippen molar-refractivity contribution in [1.29, 1.82) is 0 Å². The van der Waals surface area contributed by atoms with Crippen molar-refractivity contribution >= 4 is 0 Å². The van der Waals surface area contributed by atoms with Gasteiger partial charge in [0.15, 0.2) is 0 Å². The second-order valence-electron chi connectivity index (χ2n) is 5.97. The molecule has 0 aromatic carbocycles. The first-order valence-corrected chi connectivity index (χ1v) is 8.40. The van der Waals surface area contributed by atoms with Crippen LogP contribution in [-0.4, -0.2) is 77.8 Å². The minimum Gasteiger partial charge on any atom is -0.392 e. The third-order valence-corrected chi connectivity index (χ3v) is 3.63. The number of aliphatic hydroxyl groups is 3. The Balaban J connectivity index is 4.34. The van der Waals surface area contributed by atoms with Crippen LogP contribution in [0.1, 0.15) is 38.5 Å². The molecule has 0 heterocycles. The Kier molecular flexibility index (Phi) is 14.1. The molecule has 7 nitrogen and oxygen atoms in total. The summed E-state index contributed by atoms with van der Waals surface area (Å²) < 4.78 is 0. The summed E-state index contributed by atoms with van der Waals surface area (Å²) >= 11 is 0. The van der Waals surface area contributed by atoms with E-state index in [0.29, 0.717) is 58.5 Å². The number of nitrogens with zero attached hydrogens (tertiary/aromatic N) is 1. The molecule has 0 saturated carbocycles. The Morgan fingerprint density at radius 1 is 0.591 bits per heavy atom. The predicted molar refractivity (Wildman–Crippen MR) is 89.3 cm³/mol. The van der Waals surface area contributed by atoms with Gasteiger partial charge in [-0.25, -0.2) is 0 Å². The molecule has 134 valence electrons. The van der Waals surface area contributed by atoms with Gasteiger partial charge in [0, 0.05) is 19.6 Å². The highest BCUT2D eigenvalue weighted by Crippen LogP contribution is 2.07. The Morgan fingerprint density at radius 3 is 1.09 bits per heavy atom. The van der Waals surface area contributed by atoms with Gasteiger partial charge in [-0.3, -0.25) is 4.90 Å². The number of hydrogen-bond donors (Lipinski definition) is 6. The average molecular weight is 320 g/mol. The summed E-state index contributed by atoms with van der Waals surface area (Å²) in [6.07, 6.45) is 2.70. The fourth-order valence-electron chi connectivity index (χ4n) is 2.45. The summed E-state index contributed by atoms with van der Waals surface area (Å²) in [6, 6.07) is 0. The number of aliphatic hydroxyl groups excluding tert-OH is 3. The second kappa shape index (κ2) is 14.3. The zero-order valence-electron chi connectivity index (χ0n) is 13.7. The van der Waals surface area contributed by atoms with E-state index in [1.807, 2.05) is 4.90 Å². The molecule has 0 aliphatic heterocycles. The van der Waals surface area contributed by atoms with Crippen molar-refractivity contribution in [2.75, 3.05) is 39.3 Å². The smallest absolute Gasteiger partial charge is 0.0667 e. The van der Waals surface area contributed by atoms with Crippen molar-refractivity contribution in [2.24, 2.45) is 17.2 Å². The van der Waals surface area contributed by atoms with E-state index in [9.17, 15) is 15.3 Å². The molecule has 22 heavy (non-hydrogen) atoms. The summed E-state index contributed by atoms with van der Waals surface area (Å²) in [6.45, 7) is 2.94. The van der Waals surface area contributed by atoms with Gasteiger partial charge in [0.25, 0.3) is 0 Å². The molecule has 0 aliphatic rings. The summed E-state index contributed by atoms with van der Waals surface area (Å²) in [5.41, 5.74) is 16.4. The van der Waals surface area contributed by atoms with E-state index in [-0.39, 0.29) is 0 Å². The second-order valence-corrected chi connectivity index (χ2v) is 5.97. The lowest BCUT2D eigenvalue weighted by Gasteiger charge is -2.29. The van der Waals surface area contributed by atoms with Crippen LogP contribution in [-0.2, 0) is 0 Å². The fraction of sp³-hybridized carbons (Fsp3) is 1.00. The van der Waals surface area contributed by atoms with Gasteiger partial charge < -0.3 is 32.5 Å². The molecule has 0 aromatic heterocycles. The summed E-state index contributed by atoms with van der Waals surface area (Å²) in [7, 11) is 0. The molecule has 0 rings (SSSR count). The molecule has 0 saturated heterocycles. The first-order chi connectivity index (χ1) is 10.5. The van der Waals surface area contributed by atoms with Crippen LogP contribution in [0.25, 0.3) is 0 Å². The third kappa shape index (κ3) is 12.3. The van der Waals surface area contributed by atoms with E-state index in [2.05, 4.69) is 0 Å². The lowest BCUT2D eigenvalue weighted by Crippen LogP contribution is -2.42. The molecular formula is C15H36N4O3. The van der Waals surface area contributed by atoms with Gasteiger partial charge in [0.05, 0.1) is 18.3 Å². The van der Waals surface area contributed by atoms with Gasteiger partial charge in [0.2, 0.25) is 0 Å². The number of nitrogens with two attached hydrogens (primary N) is 3. The maximum Gasteiger partial charge on any atom is 0.0667 e. The number of rotatable bonds is 15. The molecule has 9 N–H and O–H groups in total. The quantitative estimate of drug-likeness (QED) is 0.218. The van der Waals surface area contributed by atoms with Crippen LogP contribution in [0.4, 0.5) is 0 Å². The highest BCUT2D eigenvalue weighted by atomic mass is 16.3. The van der Waals surface area contributed by atoms with Crippen LogP contribution in [0, 0.1) is 0 Å². The maximum absolute atomic E-state index is 10.0. The highest BCUT2D eigenvalue weighted by Gasteiger charge is 2.18. The van der Waals surface area contributed by atoms with E-state index in [0.717, 1.165) is 19.3 Å². The molecule has 0 fully saturated rings. The van der Waals surface area contributed by atoms with E-state index in [1.165, 1.54) is 0 Å². The zero-order chi connectivity index (χ0) is 16.8. The minimum atomic E-state index is -0.494. The standard InChI is InChI=1S/C15H36N4O3/c16-7-1-4-13(20)10-19(11-14(21)5-2-8-17)12-15(22)6-3-9-18/h13-15,20-22H,1-12,16-18H2. The van der Waals surface area contributed by atoms with Crippen molar-refractivity contribution in [3.05, 3.63) is 0 Å². The highest BCUT2D eigenvalue weighted by molar-refractivity contribution is 4.73. The van der Waals surface area contributed by atoms with Crippen LogP contribution in [0.5, 0.6) is 0 Å². The molecule has 0 aliphatic carbocycles. The monoisotopic (exact) mass is 320 g/mol. The average Bonchev–Trinajstić information content (AvgIpc) is 2.48. The lowest BCUT2D eigenvalue weighted by molar-refractivity contribution is 0.0309. The van der Waals surface area contributed by atoms with Crippen LogP contribution in [0.2, 0.25) is 0 Å². The lowest BCUT2D eigenvalue weighted by atomic mass is 10.1. The molecule has 0 aromatic rings. The summed E-state index contributed by atoms with van der Waals surface area (Å²) in [5.74, 6) is 0. The Hall–Kier alpha value is -0.280. The normalized spacial score (nSPS) is 16.0. The van der Waals surface area contributed by atoms with E-state index in [4.69, 9.17) is 17.2 Å². The molecule has 0 spiro atoms. The molecule has 0 amide bonds. The maximum atomic E-state index is 10.0. The van der Waals surface area contributed by atoms with Gasteiger partial charge >= 0.3 is 0 Å². The predicted octanol–water partition coefficient (Wildman–Crippen LogP) is -1.41. The van der Waals surface area contributed by atoms with Crippen molar-refractivity contribution in [3.63, 3.8) is 0 Å². The van der Waals surface area contributed by atoms with Crippen molar-refractivity contribution in [1.82, 2.24) is 4.90 Å². The van der Waals surface area contributed by atoms with E-state index in [1.54, 1.807) is 0 Å². The van der Waals surface area contributed by atoms with Gasteiger partial charge in [-0.15, -0.1) is 0 Å². The van der Waals surface area contributed by atoms with Crippen LogP contribution < -0.4 is 17.2 Å². The summed E-state index contributed by atoms with van der Waals surface area (Å²) in [4.78, 5) is 1.92. The van der Waals surface area contributed by atoms with Crippen LogP contribution in [0.15, 0.2) is 0 Å². The van der Waals surface area contributed by atoms with Crippen molar-refractivity contribution < 1.29 is 15.3 Å². The molecule has 3 unspecified atom stereocenters. The summed E-state index contributed by atoms with van der Waals surface area (Å²) in [5, 5.41) is 30.1. The fourth-order valence-corrected chi connectivity index (χ4v) is 2.45. The zero-order valence-corrected chi connectivity index (χ0v) is 13.7. The largest absolute Gasteiger partial charge is 0.392 e. The van der Waals surface area contributed by atoms with Crippen molar-refractivity contribution in [2.45, 2.75) is 56.8 Å². The third-order valence-electron chi connectivity index (χ3n) is 3.63. The Morgan fingerprint density at radius 2 is 0.864 bits per heavy atom. The van der Waals surface area contributed by atoms with E-state index < -0.39 is 18.3 Å². The molecule has 0 radical (unpaired) electrons. The van der Waals surface area contributed by atoms with Gasteiger partial charge in [-0.05, 0) is 58.2 Å². The molecule has 7 heteroatoms.